The molecule has 0 bridgehead atoms. The molecule has 2 amide bonds. The summed E-state index contributed by atoms with van der Waals surface area (Å²) >= 11 is 12.3. The van der Waals surface area contributed by atoms with Crippen LogP contribution < -0.4 is 14.4 Å². The monoisotopic (exact) mass is 529 g/mol. The number of sulfonamides is 1. The Balaban J connectivity index is 2.41. The molecule has 0 fully saturated rings. The molecule has 11 heteroatoms. The van der Waals surface area contributed by atoms with Crippen molar-refractivity contribution in [3.8, 4) is 5.75 Å². The van der Waals surface area contributed by atoms with Crippen LogP contribution in [0.5, 0.6) is 5.75 Å². The average Bonchev–Trinajstić information content (AvgIpc) is 2.75. The third kappa shape index (κ3) is 7.51. The van der Waals surface area contributed by atoms with E-state index in [0.29, 0.717) is 27.0 Å². The maximum Gasteiger partial charge on any atom is 0.244 e. The fourth-order valence-corrected chi connectivity index (χ4v) is 4.50. The Morgan fingerprint density at radius 2 is 1.68 bits per heavy atom. The second-order valence-electron chi connectivity index (χ2n) is 8.06. The number of hydrogen-bond donors (Lipinski definition) is 1. The molecule has 1 N–H and O–H groups in total. The second-order valence-corrected chi connectivity index (χ2v) is 10.8. The Morgan fingerprint density at radius 1 is 1.06 bits per heavy atom. The lowest BCUT2D eigenvalue weighted by Crippen LogP contribution is -2.52. The molecule has 0 spiro atoms. The molecule has 8 nitrogen and oxygen atoms in total. The van der Waals surface area contributed by atoms with Gasteiger partial charge >= 0.3 is 0 Å². The van der Waals surface area contributed by atoms with Crippen molar-refractivity contribution in [2.75, 3.05) is 24.2 Å². The summed E-state index contributed by atoms with van der Waals surface area (Å²) in [5.74, 6) is -0.399. The van der Waals surface area contributed by atoms with Crippen LogP contribution >= 0.6 is 23.2 Å². The number of carbonyl (C=O) groups excluding carboxylic acids is 2. The SMILES string of the molecule is COc1ccc(N(CC(=O)N(Cc2ccc(Cl)cc2Cl)[C@H](C)C(=O)NC(C)C)S(C)(=O)=O)cc1. The van der Waals surface area contributed by atoms with Crippen LogP contribution in [-0.2, 0) is 26.2 Å². The zero-order valence-electron chi connectivity index (χ0n) is 19.7. The van der Waals surface area contributed by atoms with Crippen LogP contribution in [0.4, 0.5) is 5.69 Å². The Morgan fingerprint density at radius 3 is 2.18 bits per heavy atom. The van der Waals surface area contributed by atoms with Crippen molar-refractivity contribution in [3.63, 3.8) is 0 Å². The number of benzene rings is 2. The van der Waals surface area contributed by atoms with Crippen LogP contribution in [-0.4, -0.2) is 57.1 Å². The second kappa shape index (κ2) is 11.8. The van der Waals surface area contributed by atoms with Gasteiger partial charge < -0.3 is 15.0 Å². The minimum atomic E-state index is -3.82. The number of nitrogens with zero attached hydrogens (tertiary/aromatic N) is 2. The number of anilines is 1. The smallest absolute Gasteiger partial charge is 0.244 e. The van der Waals surface area contributed by atoms with Crippen LogP contribution in [0.15, 0.2) is 42.5 Å². The van der Waals surface area contributed by atoms with Crippen LogP contribution in [0.2, 0.25) is 10.0 Å². The molecule has 0 aromatic heterocycles. The van der Waals surface area contributed by atoms with Gasteiger partial charge in [-0.3, -0.25) is 13.9 Å². The van der Waals surface area contributed by atoms with E-state index in [1.165, 1.54) is 12.0 Å². The quantitative estimate of drug-likeness (QED) is 0.506. The molecule has 1 atom stereocenters. The molecule has 0 aliphatic heterocycles. The van der Waals surface area contributed by atoms with Gasteiger partial charge in [0, 0.05) is 22.6 Å². The molecule has 0 radical (unpaired) electrons. The van der Waals surface area contributed by atoms with Crippen molar-refractivity contribution >= 4 is 50.7 Å². The minimum Gasteiger partial charge on any atom is -0.497 e. The molecule has 2 rings (SSSR count). The molecule has 2 aromatic rings. The summed E-state index contributed by atoms with van der Waals surface area (Å²) in [6.07, 6.45) is 1.01. The summed E-state index contributed by atoms with van der Waals surface area (Å²) in [7, 11) is -2.32. The lowest BCUT2D eigenvalue weighted by molar-refractivity contribution is -0.139. The molecule has 34 heavy (non-hydrogen) atoms. The zero-order valence-corrected chi connectivity index (χ0v) is 22.0. The molecule has 0 aliphatic rings. The van der Waals surface area contributed by atoms with E-state index in [1.807, 2.05) is 13.8 Å². The van der Waals surface area contributed by atoms with Crippen molar-refractivity contribution in [1.29, 1.82) is 0 Å². The molecule has 0 saturated carbocycles. The van der Waals surface area contributed by atoms with Gasteiger partial charge in [-0.15, -0.1) is 0 Å². The Hall–Kier alpha value is -2.49. The maximum absolute atomic E-state index is 13.5. The largest absolute Gasteiger partial charge is 0.497 e. The standard InChI is InChI=1S/C23H29Cl2N3O5S/c1-15(2)26-23(30)16(3)27(13-17-6-7-18(24)12-21(17)25)22(29)14-28(34(5,31)32)19-8-10-20(33-4)11-9-19/h6-12,15-16H,13-14H2,1-5H3,(H,26,30)/t16-/m1/s1. The number of ether oxygens (including phenoxy) is 1. The van der Waals surface area contributed by atoms with Gasteiger partial charge in [-0.2, -0.15) is 0 Å². The number of rotatable bonds is 10. The van der Waals surface area contributed by atoms with E-state index in [1.54, 1.807) is 49.4 Å². The van der Waals surface area contributed by atoms with Gasteiger partial charge in [-0.25, -0.2) is 8.42 Å². The van der Waals surface area contributed by atoms with Gasteiger partial charge in [-0.1, -0.05) is 29.3 Å². The zero-order chi connectivity index (χ0) is 25.6. The van der Waals surface area contributed by atoms with Crippen molar-refractivity contribution in [2.45, 2.75) is 39.4 Å². The number of amides is 2. The summed E-state index contributed by atoms with van der Waals surface area (Å²) in [5.41, 5.74) is 0.861. The molecular formula is C23H29Cl2N3O5S. The van der Waals surface area contributed by atoms with Gasteiger partial charge in [0.05, 0.1) is 19.1 Å². The summed E-state index contributed by atoms with van der Waals surface area (Å²) < 4.78 is 31.2. The predicted molar refractivity (Wildman–Crippen MR) is 135 cm³/mol. The lowest BCUT2D eigenvalue weighted by atomic mass is 10.1. The van der Waals surface area contributed by atoms with Gasteiger partial charge in [-0.05, 0) is 62.7 Å². The first kappa shape index (κ1) is 27.8. The van der Waals surface area contributed by atoms with Crippen molar-refractivity contribution in [2.24, 2.45) is 0 Å². The van der Waals surface area contributed by atoms with E-state index in [0.717, 1.165) is 10.6 Å². The van der Waals surface area contributed by atoms with Crippen LogP contribution in [0.25, 0.3) is 0 Å². The number of carbonyl (C=O) groups is 2. The summed E-state index contributed by atoms with van der Waals surface area (Å²) in [4.78, 5) is 27.5. The molecule has 0 unspecified atom stereocenters. The number of hydrogen-bond acceptors (Lipinski definition) is 5. The van der Waals surface area contributed by atoms with Gasteiger partial charge in [0.15, 0.2) is 0 Å². The Labute approximate surface area is 210 Å². The van der Waals surface area contributed by atoms with E-state index in [-0.39, 0.29) is 18.5 Å². The predicted octanol–water partition coefficient (Wildman–Crippen LogP) is 3.71. The maximum atomic E-state index is 13.5. The molecule has 186 valence electrons. The van der Waals surface area contributed by atoms with Crippen molar-refractivity contribution in [3.05, 3.63) is 58.1 Å². The van der Waals surface area contributed by atoms with Gasteiger partial charge in [0.25, 0.3) is 0 Å². The first-order valence-electron chi connectivity index (χ1n) is 10.5. The Bertz CT molecular complexity index is 1120. The summed E-state index contributed by atoms with van der Waals surface area (Å²) in [5, 5.41) is 3.54. The van der Waals surface area contributed by atoms with E-state index >= 15 is 0 Å². The third-order valence-electron chi connectivity index (χ3n) is 4.99. The number of nitrogens with one attached hydrogen (secondary N) is 1. The molecule has 0 aliphatic carbocycles. The van der Waals surface area contributed by atoms with Gasteiger partial charge in [0.2, 0.25) is 21.8 Å². The lowest BCUT2D eigenvalue weighted by Gasteiger charge is -2.32. The number of methoxy groups -OCH3 is 1. The van der Waals surface area contributed by atoms with Gasteiger partial charge in [0.1, 0.15) is 18.3 Å². The van der Waals surface area contributed by atoms with Crippen molar-refractivity contribution in [1.82, 2.24) is 10.2 Å². The highest BCUT2D eigenvalue weighted by molar-refractivity contribution is 7.92. The minimum absolute atomic E-state index is 0.0122. The highest BCUT2D eigenvalue weighted by Gasteiger charge is 2.30. The van der Waals surface area contributed by atoms with E-state index in [4.69, 9.17) is 27.9 Å². The normalized spacial score (nSPS) is 12.2. The van der Waals surface area contributed by atoms with E-state index < -0.39 is 28.5 Å². The fourth-order valence-electron chi connectivity index (χ4n) is 3.18. The Kier molecular flexibility index (Phi) is 9.61. The van der Waals surface area contributed by atoms with Crippen molar-refractivity contribution < 1.29 is 22.7 Å². The summed E-state index contributed by atoms with van der Waals surface area (Å²) in [6, 6.07) is 10.1. The van der Waals surface area contributed by atoms with Crippen LogP contribution in [0, 0.1) is 0 Å². The van der Waals surface area contributed by atoms with Crippen LogP contribution in [0.1, 0.15) is 26.3 Å². The first-order valence-corrected chi connectivity index (χ1v) is 13.1. The average molecular weight is 530 g/mol. The fraction of sp³-hybridized carbons (Fsp3) is 0.391. The number of halogens is 2. The molecule has 2 aromatic carbocycles. The highest BCUT2D eigenvalue weighted by Crippen LogP contribution is 2.25. The summed E-state index contributed by atoms with van der Waals surface area (Å²) in [6.45, 7) is 4.68. The molecule has 0 heterocycles. The third-order valence-corrected chi connectivity index (χ3v) is 6.72. The molecule has 0 saturated heterocycles. The molecular weight excluding hydrogens is 501 g/mol. The van der Waals surface area contributed by atoms with Crippen LogP contribution in [0.3, 0.4) is 0 Å². The first-order chi connectivity index (χ1) is 15.8. The van der Waals surface area contributed by atoms with E-state index in [9.17, 15) is 18.0 Å². The van der Waals surface area contributed by atoms with E-state index in [2.05, 4.69) is 5.32 Å². The topological polar surface area (TPSA) is 96.0 Å². The highest BCUT2D eigenvalue weighted by atomic mass is 35.5.